The van der Waals surface area contributed by atoms with Crippen LogP contribution in [-0.4, -0.2) is 55.8 Å². The Morgan fingerprint density at radius 3 is 2.59 bits per heavy atom. The molecule has 0 bridgehead atoms. The summed E-state index contributed by atoms with van der Waals surface area (Å²) in [5, 5.41) is 2.82. The number of methoxy groups -OCH3 is 1. The average molecular weight is 526 g/mol. The fourth-order valence-corrected chi connectivity index (χ4v) is 3.96. The van der Waals surface area contributed by atoms with Crippen LogP contribution in [0.5, 0.6) is 11.5 Å². The Bertz CT molecular complexity index is 883. The molecule has 0 saturated carbocycles. The molecular weight excluding hydrogens is 503 g/mol. The first kappa shape index (κ1) is 21.8. The number of aryl methyl sites for hydroxylation is 1. The van der Waals surface area contributed by atoms with Gasteiger partial charge in [0, 0.05) is 24.3 Å². The minimum absolute atomic E-state index is 0.118. The Hall–Kier alpha value is -1.91. The van der Waals surface area contributed by atoms with Gasteiger partial charge < -0.3 is 24.4 Å². The summed E-state index contributed by atoms with van der Waals surface area (Å²) in [6, 6.07) is 11.4. The first-order valence-electron chi connectivity index (χ1n) is 9.22. The van der Waals surface area contributed by atoms with Crippen molar-refractivity contribution in [3.63, 3.8) is 0 Å². The number of carbonyl (C=O) groups excluding carboxylic acids is 1. The number of anilines is 1. The van der Waals surface area contributed by atoms with E-state index in [0.29, 0.717) is 24.7 Å². The van der Waals surface area contributed by atoms with Crippen molar-refractivity contribution in [1.29, 1.82) is 0 Å². The van der Waals surface area contributed by atoms with E-state index >= 15 is 0 Å². The summed E-state index contributed by atoms with van der Waals surface area (Å²) < 4.78 is 17.5. The lowest BCUT2D eigenvalue weighted by Gasteiger charge is -2.29. The Morgan fingerprint density at radius 1 is 1.24 bits per heavy atom. The van der Waals surface area contributed by atoms with Gasteiger partial charge in [-0.2, -0.15) is 0 Å². The van der Waals surface area contributed by atoms with Crippen LogP contribution in [0, 0.1) is 10.5 Å². The third-order valence-corrected chi connectivity index (χ3v) is 5.75. The van der Waals surface area contributed by atoms with E-state index in [1.807, 2.05) is 43.3 Å². The quantitative estimate of drug-likeness (QED) is 0.459. The molecule has 1 amide bonds. The van der Waals surface area contributed by atoms with Gasteiger partial charge in [-0.3, -0.25) is 4.79 Å². The van der Waals surface area contributed by atoms with Crippen molar-refractivity contribution in [3.8, 4) is 11.5 Å². The van der Waals surface area contributed by atoms with Crippen molar-refractivity contribution in [2.24, 2.45) is 0 Å². The molecule has 6 nitrogen and oxygen atoms in total. The summed E-state index contributed by atoms with van der Waals surface area (Å²) in [6.07, 6.45) is 0. The first-order valence-corrected chi connectivity index (χ1v) is 10.7. The Balaban J connectivity index is 1.67. The SMILES string of the molecule is COc1cc(C(=S)N2CCOCC2)cc(I)c1OCC(=O)Nc1ccc(C)cc1. The number of hydrogen-bond donors (Lipinski definition) is 1. The maximum atomic E-state index is 12.2. The molecule has 1 aliphatic heterocycles. The molecule has 0 unspecified atom stereocenters. The highest BCUT2D eigenvalue weighted by atomic mass is 127. The van der Waals surface area contributed by atoms with Crippen molar-refractivity contribution in [2.45, 2.75) is 6.92 Å². The Kier molecular flexibility index (Phi) is 7.68. The summed E-state index contributed by atoms with van der Waals surface area (Å²) in [4.78, 5) is 15.1. The van der Waals surface area contributed by atoms with Gasteiger partial charge in [0.15, 0.2) is 18.1 Å². The van der Waals surface area contributed by atoms with Gasteiger partial charge in [-0.05, 0) is 53.8 Å². The zero-order valence-electron chi connectivity index (χ0n) is 16.4. The summed E-state index contributed by atoms with van der Waals surface area (Å²) in [7, 11) is 1.58. The van der Waals surface area contributed by atoms with Crippen molar-refractivity contribution in [2.75, 3.05) is 45.3 Å². The lowest BCUT2D eigenvalue weighted by Crippen LogP contribution is -2.40. The topological polar surface area (TPSA) is 60.0 Å². The third kappa shape index (κ3) is 5.80. The highest BCUT2D eigenvalue weighted by Crippen LogP contribution is 2.34. The molecule has 154 valence electrons. The number of rotatable bonds is 6. The second-order valence-corrected chi connectivity index (χ2v) is 8.15. The smallest absolute Gasteiger partial charge is 0.262 e. The molecule has 0 radical (unpaired) electrons. The minimum Gasteiger partial charge on any atom is -0.493 e. The van der Waals surface area contributed by atoms with Gasteiger partial charge in [-0.15, -0.1) is 0 Å². The van der Waals surface area contributed by atoms with Crippen LogP contribution in [0.4, 0.5) is 5.69 Å². The molecule has 1 saturated heterocycles. The Morgan fingerprint density at radius 2 is 1.93 bits per heavy atom. The lowest BCUT2D eigenvalue weighted by atomic mass is 10.1. The van der Waals surface area contributed by atoms with Crippen molar-refractivity contribution >= 4 is 51.4 Å². The van der Waals surface area contributed by atoms with E-state index in [0.717, 1.165) is 38.5 Å². The number of morpholine rings is 1. The monoisotopic (exact) mass is 526 g/mol. The molecule has 0 atom stereocenters. The normalized spacial score (nSPS) is 13.7. The molecule has 3 rings (SSSR count). The van der Waals surface area contributed by atoms with Gasteiger partial charge >= 0.3 is 0 Å². The van der Waals surface area contributed by atoms with Gasteiger partial charge in [0.2, 0.25) is 0 Å². The van der Waals surface area contributed by atoms with Gasteiger partial charge in [0.1, 0.15) is 4.99 Å². The second kappa shape index (κ2) is 10.2. The molecular formula is C21H23IN2O4S. The fraction of sp³-hybridized carbons (Fsp3) is 0.333. The highest BCUT2D eigenvalue weighted by molar-refractivity contribution is 14.1. The predicted molar refractivity (Wildman–Crippen MR) is 125 cm³/mol. The molecule has 0 aromatic heterocycles. The van der Waals surface area contributed by atoms with Crippen LogP contribution in [0.25, 0.3) is 0 Å². The maximum Gasteiger partial charge on any atom is 0.262 e. The number of carbonyl (C=O) groups is 1. The van der Waals surface area contributed by atoms with Gasteiger partial charge in [-0.25, -0.2) is 0 Å². The highest BCUT2D eigenvalue weighted by Gasteiger charge is 2.19. The van der Waals surface area contributed by atoms with Crippen LogP contribution in [0.15, 0.2) is 36.4 Å². The number of halogens is 1. The molecule has 2 aromatic rings. The number of amides is 1. The third-order valence-electron chi connectivity index (χ3n) is 4.46. The maximum absolute atomic E-state index is 12.2. The van der Waals surface area contributed by atoms with Crippen LogP contribution < -0.4 is 14.8 Å². The van der Waals surface area contributed by atoms with E-state index < -0.39 is 0 Å². The molecule has 1 aliphatic rings. The predicted octanol–water partition coefficient (Wildman–Crippen LogP) is 3.63. The molecule has 1 N–H and O–H groups in total. The van der Waals surface area contributed by atoms with E-state index in [-0.39, 0.29) is 12.5 Å². The molecule has 29 heavy (non-hydrogen) atoms. The summed E-state index contributed by atoms with van der Waals surface area (Å²) in [5.41, 5.74) is 2.75. The standard InChI is InChI=1S/C21H23IN2O4S/c1-14-3-5-16(6-4-14)23-19(25)13-28-20-17(22)11-15(12-18(20)26-2)21(29)24-7-9-27-10-8-24/h3-6,11-12H,7-10,13H2,1-2H3,(H,23,25). The van der Waals surface area contributed by atoms with E-state index in [1.54, 1.807) is 7.11 Å². The van der Waals surface area contributed by atoms with E-state index in [1.165, 1.54) is 0 Å². The number of nitrogens with one attached hydrogen (secondary N) is 1. The van der Waals surface area contributed by atoms with E-state index in [4.69, 9.17) is 26.4 Å². The van der Waals surface area contributed by atoms with Crippen LogP contribution in [0.1, 0.15) is 11.1 Å². The molecule has 2 aromatic carbocycles. The second-order valence-electron chi connectivity index (χ2n) is 6.60. The van der Waals surface area contributed by atoms with Crippen LogP contribution in [-0.2, 0) is 9.53 Å². The van der Waals surface area contributed by atoms with Crippen LogP contribution in [0.2, 0.25) is 0 Å². The summed E-state index contributed by atoms with van der Waals surface area (Å²) >= 11 is 7.82. The number of hydrogen-bond acceptors (Lipinski definition) is 5. The summed E-state index contributed by atoms with van der Waals surface area (Å²) in [6.45, 7) is 4.77. The van der Waals surface area contributed by atoms with Gasteiger partial charge in [0.05, 0.1) is 23.9 Å². The zero-order valence-corrected chi connectivity index (χ0v) is 19.3. The fourth-order valence-electron chi connectivity index (χ4n) is 2.90. The van der Waals surface area contributed by atoms with Crippen molar-refractivity contribution < 1.29 is 19.0 Å². The zero-order chi connectivity index (χ0) is 20.8. The largest absolute Gasteiger partial charge is 0.493 e. The number of ether oxygens (including phenoxy) is 3. The molecule has 1 heterocycles. The number of nitrogens with zero attached hydrogens (tertiary/aromatic N) is 1. The van der Waals surface area contributed by atoms with Gasteiger partial charge in [-0.1, -0.05) is 29.9 Å². The Labute approximate surface area is 189 Å². The van der Waals surface area contributed by atoms with Gasteiger partial charge in [0.25, 0.3) is 5.91 Å². The number of benzene rings is 2. The van der Waals surface area contributed by atoms with Crippen molar-refractivity contribution in [1.82, 2.24) is 4.90 Å². The van der Waals surface area contributed by atoms with E-state index in [2.05, 4.69) is 32.8 Å². The minimum atomic E-state index is -0.236. The first-order chi connectivity index (χ1) is 14.0. The molecule has 1 fully saturated rings. The van der Waals surface area contributed by atoms with E-state index in [9.17, 15) is 4.79 Å². The number of thiocarbonyl (C=S) groups is 1. The molecule has 0 spiro atoms. The van der Waals surface area contributed by atoms with Crippen LogP contribution >= 0.6 is 34.8 Å². The molecule has 8 heteroatoms. The average Bonchev–Trinajstić information content (AvgIpc) is 2.74. The van der Waals surface area contributed by atoms with Crippen molar-refractivity contribution in [3.05, 3.63) is 51.1 Å². The van der Waals surface area contributed by atoms with Crippen LogP contribution in [0.3, 0.4) is 0 Å². The molecule has 0 aliphatic carbocycles. The lowest BCUT2D eigenvalue weighted by molar-refractivity contribution is -0.118. The summed E-state index contributed by atoms with van der Waals surface area (Å²) in [5.74, 6) is 0.839.